The van der Waals surface area contributed by atoms with Crippen LogP contribution in [0.2, 0.25) is 0 Å². The maximum Gasteiger partial charge on any atom is 0.168 e. The molecule has 0 aromatic carbocycles. The largest absolute Gasteiger partial charge is 0.490 e. The molecule has 68 valence electrons. The normalized spacial score (nSPS) is 14.5. The maximum absolute atomic E-state index is 10.5. The van der Waals surface area contributed by atoms with Gasteiger partial charge < -0.3 is 4.74 Å². The highest BCUT2D eigenvalue weighted by Gasteiger charge is 2.15. The average Bonchev–Trinajstić information content (AvgIpc) is 2.18. The Morgan fingerprint density at radius 2 is 2.46 bits per heavy atom. The van der Waals surface area contributed by atoms with E-state index in [1.54, 1.807) is 6.07 Å². The molecule has 1 aromatic heterocycles. The Bertz CT molecular complexity index is 352. The molecule has 1 aliphatic heterocycles. The Morgan fingerprint density at radius 3 is 3.23 bits per heavy atom. The van der Waals surface area contributed by atoms with E-state index in [0.717, 1.165) is 41.7 Å². The third-order valence-corrected chi connectivity index (χ3v) is 2.53. The molecule has 0 aliphatic carbocycles. The fourth-order valence-electron chi connectivity index (χ4n) is 1.37. The van der Waals surface area contributed by atoms with Crippen molar-refractivity contribution in [3.05, 3.63) is 21.9 Å². The molecule has 0 radical (unpaired) electrons. The van der Waals surface area contributed by atoms with Crippen LogP contribution >= 0.6 is 15.9 Å². The van der Waals surface area contributed by atoms with Gasteiger partial charge in [-0.05, 0) is 34.8 Å². The number of hydrogen-bond acceptors (Lipinski definition) is 3. The predicted octanol–water partition coefficient (Wildman–Crippen LogP) is 1.98. The lowest BCUT2D eigenvalue weighted by atomic mass is 10.1. The van der Waals surface area contributed by atoms with Crippen LogP contribution in [0.15, 0.2) is 10.5 Å². The molecule has 0 N–H and O–H groups in total. The lowest BCUT2D eigenvalue weighted by Gasteiger charge is -2.17. The van der Waals surface area contributed by atoms with Crippen LogP contribution in [0.1, 0.15) is 22.6 Å². The van der Waals surface area contributed by atoms with Crippen molar-refractivity contribution in [3.8, 4) is 5.75 Å². The number of halogens is 1. The van der Waals surface area contributed by atoms with Gasteiger partial charge in [-0.3, -0.25) is 4.79 Å². The van der Waals surface area contributed by atoms with Crippen LogP contribution in [0.25, 0.3) is 0 Å². The summed E-state index contributed by atoms with van der Waals surface area (Å²) in [6, 6.07) is 1.68. The first-order chi connectivity index (χ1) is 6.31. The number of fused-ring (bicyclic) bond motifs is 1. The minimum atomic E-state index is 0.455. The van der Waals surface area contributed by atoms with Gasteiger partial charge in [0.2, 0.25) is 0 Å². The molecule has 0 saturated carbocycles. The average molecular weight is 242 g/mol. The first-order valence-corrected chi connectivity index (χ1v) is 4.88. The number of pyridine rings is 1. The monoisotopic (exact) mass is 241 g/mol. The zero-order chi connectivity index (χ0) is 9.26. The van der Waals surface area contributed by atoms with Crippen LogP contribution in [-0.2, 0) is 6.42 Å². The third-order valence-electron chi connectivity index (χ3n) is 1.94. The number of aryl methyl sites for hydroxylation is 1. The summed E-state index contributed by atoms with van der Waals surface area (Å²) in [7, 11) is 0. The Balaban J connectivity index is 2.52. The lowest BCUT2D eigenvalue weighted by Crippen LogP contribution is -2.11. The summed E-state index contributed by atoms with van der Waals surface area (Å²) >= 11 is 3.35. The van der Waals surface area contributed by atoms with Gasteiger partial charge in [0.15, 0.2) is 12.0 Å². The first kappa shape index (κ1) is 8.69. The van der Waals surface area contributed by atoms with E-state index in [0.29, 0.717) is 5.69 Å². The fourth-order valence-corrected chi connectivity index (χ4v) is 1.95. The molecule has 13 heavy (non-hydrogen) atoms. The van der Waals surface area contributed by atoms with Crippen molar-refractivity contribution >= 4 is 22.2 Å². The van der Waals surface area contributed by atoms with E-state index in [1.807, 2.05) is 0 Å². The number of nitrogens with zero attached hydrogens (tertiary/aromatic N) is 1. The second-order valence-electron chi connectivity index (χ2n) is 2.87. The highest BCUT2D eigenvalue weighted by molar-refractivity contribution is 9.10. The molecule has 3 nitrogen and oxygen atoms in total. The van der Waals surface area contributed by atoms with Gasteiger partial charge in [0.1, 0.15) is 5.69 Å². The molecule has 2 rings (SSSR count). The van der Waals surface area contributed by atoms with Crippen molar-refractivity contribution in [1.29, 1.82) is 0 Å². The Hall–Kier alpha value is -0.900. The first-order valence-electron chi connectivity index (χ1n) is 4.08. The number of hydrogen-bond donors (Lipinski definition) is 0. The number of aldehydes is 1. The summed E-state index contributed by atoms with van der Waals surface area (Å²) in [5.41, 5.74) is 1.33. The standard InChI is InChI=1S/C9H8BrNO2/c10-7-4-6(5-12)11-8-2-1-3-13-9(7)8/h4-5H,1-3H2. The summed E-state index contributed by atoms with van der Waals surface area (Å²) in [6.07, 6.45) is 2.60. The topological polar surface area (TPSA) is 39.2 Å². The molecule has 0 atom stereocenters. The maximum atomic E-state index is 10.5. The molecule has 0 amide bonds. The second-order valence-corrected chi connectivity index (χ2v) is 3.73. The molecule has 0 unspecified atom stereocenters. The molecule has 0 saturated heterocycles. The van der Waals surface area contributed by atoms with Crippen LogP contribution in [0, 0.1) is 0 Å². The molecule has 0 bridgehead atoms. The van der Waals surface area contributed by atoms with E-state index in [-0.39, 0.29) is 0 Å². The van der Waals surface area contributed by atoms with Gasteiger partial charge in [-0.2, -0.15) is 0 Å². The number of aromatic nitrogens is 1. The summed E-state index contributed by atoms with van der Waals surface area (Å²) < 4.78 is 6.25. The van der Waals surface area contributed by atoms with Crippen molar-refractivity contribution in [2.45, 2.75) is 12.8 Å². The van der Waals surface area contributed by atoms with Gasteiger partial charge in [0.05, 0.1) is 16.8 Å². The summed E-state index contributed by atoms with van der Waals surface area (Å²) in [5, 5.41) is 0. The van der Waals surface area contributed by atoms with Gasteiger partial charge in [-0.1, -0.05) is 0 Å². The van der Waals surface area contributed by atoms with E-state index < -0.39 is 0 Å². The van der Waals surface area contributed by atoms with E-state index in [1.165, 1.54) is 0 Å². The number of ether oxygens (including phenoxy) is 1. The van der Waals surface area contributed by atoms with Crippen LogP contribution in [0.3, 0.4) is 0 Å². The second kappa shape index (κ2) is 3.46. The van der Waals surface area contributed by atoms with Gasteiger partial charge >= 0.3 is 0 Å². The Morgan fingerprint density at radius 1 is 1.62 bits per heavy atom. The van der Waals surface area contributed by atoms with Gasteiger partial charge in [0.25, 0.3) is 0 Å². The predicted molar refractivity (Wildman–Crippen MR) is 51.1 cm³/mol. The summed E-state index contributed by atoms with van der Waals surface area (Å²) in [4.78, 5) is 14.7. The van der Waals surface area contributed by atoms with E-state index in [9.17, 15) is 4.79 Å². The van der Waals surface area contributed by atoms with Crippen LogP contribution < -0.4 is 4.74 Å². The quantitative estimate of drug-likeness (QED) is 0.707. The van der Waals surface area contributed by atoms with Crippen molar-refractivity contribution in [2.24, 2.45) is 0 Å². The van der Waals surface area contributed by atoms with E-state index in [4.69, 9.17) is 4.74 Å². The highest BCUT2D eigenvalue weighted by Crippen LogP contribution is 2.31. The lowest BCUT2D eigenvalue weighted by molar-refractivity contribution is 0.111. The minimum Gasteiger partial charge on any atom is -0.490 e. The smallest absolute Gasteiger partial charge is 0.168 e. The van der Waals surface area contributed by atoms with E-state index in [2.05, 4.69) is 20.9 Å². The molecule has 1 aromatic rings. The fraction of sp³-hybridized carbons (Fsp3) is 0.333. The Labute approximate surface area is 84.2 Å². The highest BCUT2D eigenvalue weighted by atomic mass is 79.9. The van der Waals surface area contributed by atoms with Crippen molar-refractivity contribution in [3.63, 3.8) is 0 Å². The molecular formula is C9H8BrNO2. The number of carbonyl (C=O) groups is 1. The van der Waals surface area contributed by atoms with Crippen LogP contribution in [-0.4, -0.2) is 17.9 Å². The third kappa shape index (κ3) is 1.58. The molecule has 2 heterocycles. The Kier molecular flexibility index (Phi) is 2.31. The van der Waals surface area contributed by atoms with Crippen molar-refractivity contribution < 1.29 is 9.53 Å². The minimum absolute atomic E-state index is 0.455. The molecule has 1 aliphatic rings. The summed E-state index contributed by atoms with van der Waals surface area (Å²) in [6.45, 7) is 0.730. The van der Waals surface area contributed by atoms with Crippen LogP contribution in [0.4, 0.5) is 0 Å². The zero-order valence-corrected chi connectivity index (χ0v) is 8.50. The molecular weight excluding hydrogens is 234 g/mol. The summed E-state index contributed by atoms with van der Waals surface area (Å²) in [5.74, 6) is 0.789. The SMILES string of the molecule is O=Cc1cc(Br)c2c(n1)CCCO2. The van der Waals surface area contributed by atoms with E-state index >= 15 is 0 Å². The van der Waals surface area contributed by atoms with Crippen LogP contribution in [0.5, 0.6) is 5.75 Å². The number of carbonyl (C=O) groups excluding carboxylic acids is 1. The molecule has 0 spiro atoms. The molecule has 0 fully saturated rings. The van der Waals surface area contributed by atoms with Gasteiger partial charge in [-0.25, -0.2) is 4.98 Å². The van der Waals surface area contributed by atoms with Crippen molar-refractivity contribution in [1.82, 2.24) is 4.98 Å². The van der Waals surface area contributed by atoms with Gasteiger partial charge in [0, 0.05) is 0 Å². The number of rotatable bonds is 1. The van der Waals surface area contributed by atoms with Crippen molar-refractivity contribution in [2.75, 3.05) is 6.61 Å². The van der Waals surface area contributed by atoms with Gasteiger partial charge in [-0.15, -0.1) is 0 Å². The zero-order valence-electron chi connectivity index (χ0n) is 6.92. The molecule has 4 heteroatoms.